The maximum atomic E-state index is 2.45. The van der Waals surface area contributed by atoms with Gasteiger partial charge in [-0.2, -0.15) is 0 Å². The molecule has 0 atom stereocenters. The lowest BCUT2D eigenvalue weighted by Gasteiger charge is -2.34. The summed E-state index contributed by atoms with van der Waals surface area (Å²) in [6.07, 6.45) is 0. The standard InChI is InChI=1S/C55H36/c1-3-18-41(19-4-1)55(42-20-5-2-6-21-42)51-29-14-13-23-44(51)45-35-34-40(36-52(45)55)37-30-32-39(33-31-37)53-47-24-9-11-26-49(47)54(50-27-12-10-25-48(50)53)46-28-15-17-38-16-7-8-22-43(38)46/h1-36H. The van der Waals surface area contributed by atoms with E-state index in [9.17, 15) is 0 Å². The maximum Gasteiger partial charge on any atom is 0.0713 e. The number of rotatable bonds is 5. The van der Waals surface area contributed by atoms with Crippen molar-refractivity contribution in [2.75, 3.05) is 0 Å². The molecule has 0 heteroatoms. The molecule has 0 aliphatic heterocycles. The highest BCUT2D eigenvalue weighted by Gasteiger charge is 2.46. The molecule has 0 saturated heterocycles. The van der Waals surface area contributed by atoms with Gasteiger partial charge in [-0.05, 0) is 105 Å². The lowest BCUT2D eigenvalue weighted by molar-refractivity contribution is 0.769. The zero-order valence-electron chi connectivity index (χ0n) is 30.3. The Labute approximate surface area is 321 Å². The molecule has 0 heterocycles. The zero-order chi connectivity index (χ0) is 36.3. The first-order valence-electron chi connectivity index (χ1n) is 19.2. The van der Waals surface area contributed by atoms with Crippen molar-refractivity contribution in [1.29, 1.82) is 0 Å². The summed E-state index contributed by atoms with van der Waals surface area (Å²) < 4.78 is 0. The van der Waals surface area contributed by atoms with E-state index in [0.29, 0.717) is 0 Å². The molecule has 0 N–H and O–H groups in total. The molecule has 0 bridgehead atoms. The van der Waals surface area contributed by atoms with Crippen LogP contribution in [0, 0.1) is 0 Å². The fourth-order valence-electron chi connectivity index (χ4n) is 9.63. The summed E-state index contributed by atoms with van der Waals surface area (Å²) in [6.45, 7) is 0. The largest absolute Gasteiger partial charge is 0.0713 e. The van der Waals surface area contributed by atoms with Crippen molar-refractivity contribution < 1.29 is 0 Å². The van der Waals surface area contributed by atoms with Crippen LogP contribution in [0.1, 0.15) is 22.3 Å². The first-order chi connectivity index (χ1) is 27.3. The smallest absolute Gasteiger partial charge is 0.0622 e. The summed E-state index contributed by atoms with van der Waals surface area (Å²) in [5, 5.41) is 7.61. The van der Waals surface area contributed by atoms with E-state index in [1.807, 2.05) is 0 Å². The van der Waals surface area contributed by atoms with Gasteiger partial charge in [-0.15, -0.1) is 0 Å². The molecule has 0 unspecified atom stereocenters. The average Bonchev–Trinajstić information content (AvgIpc) is 3.56. The minimum absolute atomic E-state index is 0.423. The number of benzene rings is 10. The van der Waals surface area contributed by atoms with E-state index in [-0.39, 0.29) is 0 Å². The van der Waals surface area contributed by atoms with E-state index in [1.54, 1.807) is 0 Å². The Balaban J connectivity index is 1.09. The van der Waals surface area contributed by atoms with E-state index in [2.05, 4.69) is 218 Å². The van der Waals surface area contributed by atoms with Crippen molar-refractivity contribution in [3.8, 4) is 44.5 Å². The Morgan fingerprint density at radius 3 is 1.36 bits per heavy atom. The molecule has 0 saturated carbocycles. The van der Waals surface area contributed by atoms with Crippen molar-refractivity contribution in [2.24, 2.45) is 0 Å². The van der Waals surface area contributed by atoms with Gasteiger partial charge >= 0.3 is 0 Å². The Bertz CT molecular complexity index is 2960. The molecule has 0 radical (unpaired) electrons. The summed E-state index contributed by atoms with van der Waals surface area (Å²) in [4.78, 5) is 0. The van der Waals surface area contributed by atoms with Gasteiger partial charge in [0, 0.05) is 0 Å². The van der Waals surface area contributed by atoms with Crippen LogP contribution in [0.2, 0.25) is 0 Å². The molecule has 0 fully saturated rings. The van der Waals surface area contributed by atoms with Crippen molar-refractivity contribution in [3.63, 3.8) is 0 Å². The van der Waals surface area contributed by atoms with Gasteiger partial charge in [0.15, 0.2) is 0 Å². The normalized spacial score (nSPS) is 12.9. The summed E-state index contributed by atoms with van der Waals surface area (Å²) in [7, 11) is 0. The fraction of sp³-hybridized carbons (Fsp3) is 0.0182. The van der Waals surface area contributed by atoms with E-state index in [4.69, 9.17) is 0 Å². The number of hydrogen-bond donors (Lipinski definition) is 0. The second-order valence-electron chi connectivity index (χ2n) is 14.7. The SMILES string of the molecule is c1ccc(C2(c3ccccc3)c3ccccc3-c3ccc(-c4ccc(-c5c6ccccc6c(-c6cccc7ccccc67)c6ccccc56)cc4)cc32)cc1. The van der Waals surface area contributed by atoms with Crippen LogP contribution < -0.4 is 0 Å². The highest BCUT2D eigenvalue weighted by atomic mass is 14.5. The molecule has 10 aromatic carbocycles. The van der Waals surface area contributed by atoms with Gasteiger partial charge in [0.2, 0.25) is 0 Å². The van der Waals surface area contributed by atoms with Gasteiger partial charge in [-0.1, -0.05) is 212 Å². The first-order valence-corrected chi connectivity index (χ1v) is 19.2. The van der Waals surface area contributed by atoms with Crippen LogP contribution in [0.25, 0.3) is 76.8 Å². The molecule has 11 rings (SSSR count). The Morgan fingerprint density at radius 1 is 0.255 bits per heavy atom. The fourth-order valence-corrected chi connectivity index (χ4v) is 9.63. The highest BCUT2D eigenvalue weighted by molar-refractivity contribution is 6.23. The lowest BCUT2D eigenvalue weighted by Crippen LogP contribution is -2.28. The van der Waals surface area contributed by atoms with Crippen LogP contribution in [0.3, 0.4) is 0 Å². The zero-order valence-corrected chi connectivity index (χ0v) is 30.3. The van der Waals surface area contributed by atoms with E-state index in [0.717, 1.165) is 0 Å². The van der Waals surface area contributed by atoms with E-state index < -0.39 is 5.41 Å². The summed E-state index contributed by atoms with van der Waals surface area (Å²) in [5.74, 6) is 0. The Kier molecular flexibility index (Phi) is 7.19. The molecular weight excluding hydrogens is 661 g/mol. The summed E-state index contributed by atoms with van der Waals surface area (Å²) in [6, 6.07) is 80.7. The van der Waals surface area contributed by atoms with Crippen LogP contribution in [0.4, 0.5) is 0 Å². The van der Waals surface area contributed by atoms with Crippen molar-refractivity contribution in [2.45, 2.75) is 5.41 Å². The third-order valence-electron chi connectivity index (χ3n) is 12.0. The molecule has 0 aromatic heterocycles. The lowest BCUT2D eigenvalue weighted by atomic mass is 9.67. The second-order valence-corrected chi connectivity index (χ2v) is 14.7. The van der Waals surface area contributed by atoms with Crippen LogP contribution in [-0.4, -0.2) is 0 Å². The van der Waals surface area contributed by atoms with Gasteiger partial charge < -0.3 is 0 Å². The molecule has 0 spiro atoms. The molecule has 0 nitrogen and oxygen atoms in total. The van der Waals surface area contributed by atoms with Gasteiger partial charge in [0.1, 0.15) is 0 Å². The number of fused-ring (bicyclic) bond motifs is 6. The minimum atomic E-state index is -0.423. The van der Waals surface area contributed by atoms with Crippen LogP contribution in [0.15, 0.2) is 218 Å². The Morgan fingerprint density at radius 2 is 0.709 bits per heavy atom. The highest BCUT2D eigenvalue weighted by Crippen LogP contribution is 2.56. The predicted molar refractivity (Wildman–Crippen MR) is 233 cm³/mol. The third kappa shape index (κ3) is 4.72. The summed E-state index contributed by atoms with van der Waals surface area (Å²) in [5.41, 5.74) is 14.9. The summed E-state index contributed by atoms with van der Waals surface area (Å²) >= 11 is 0. The quantitative estimate of drug-likeness (QED) is 0.157. The van der Waals surface area contributed by atoms with Gasteiger partial charge in [0.05, 0.1) is 5.41 Å². The van der Waals surface area contributed by atoms with Crippen molar-refractivity contribution in [1.82, 2.24) is 0 Å². The second kappa shape index (κ2) is 12.5. The van der Waals surface area contributed by atoms with E-state index >= 15 is 0 Å². The molecule has 1 aliphatic carbocycles. The molecule has 0 amide bonds. The van der Waals surface area contributed by atoms with Gasteiger partial charge in [-0.25, -0.2) is 0 Å². The average molecular weight is 697 g/mol. The predicted octanol–water partition coefficient (Wildman–Crippen LogP) is 14.5. The van der Waals surface area contributed by atoms with Crippen LogP contribution >= 0.6 is 0 Å². The topological polar surface area (TPSA) is 0 Å². The van der Waals surface area contributed by atoms with Crippen molar-refractivity contribution in [3.05, 3.63) is 241 Å². The van der Waals surface area contributed by atoms with Crippen LogP contribution in [0.5, 0.6) is 0 Å². The maximum absolute atomic E-state index is 2.45. The van der Waals surface area contributed by atoms with Crippen molar-refractivity contribution >= 4 is 32.3 Å². The minimum Gasteiger partial charge on any atom is -0.0622 e. The van der Waals surface area contributed by atoms with E-state index in [1.165, 1.54) is 99.1 Å². The molecule has 10 aromatic rings. The van der Waals surface area contributed by atoms with Crippen LogP contribution in [-0.2, 0) is 5.41 Å². The monoisotopic (exact) mass is 696 g/mol. The molecule has 55 heavy (non-hydrogen) atoms. The molecular formula is C55H36. The molecule has 1 aliphatic rings. The first kappa shape index (κ1) is 31.5. The third-order valence-corrected chi connectivity index (χ3v) is 12.0. The number of hydrogen-bond acceptors (Lipinski definition) is 0. The molecule has 256 valence electrons. The van der Waals surface area contributed by atoms with Gasteiger partial charge in [0.25, 0.3) is 0 Å². The van der Waals surface area contributed by atoms with Gasteiger partial charge in [-0.3, -0.25) is 0 Å². The Hall–Kier alpha value is -7.02.